The summed E-state index contributed by atoms with van der Waals surface area (Å²) in [5.74, 6) is 0.439. The van der Waals surface area contributed by atoms with Crippen molar-refractivity contribution in [3.63, 3.8) is 0 Å². The van der Waals surface area contributed by atoms with Crippen LogP contribution in [0.4, 0.5) is 10.5 Å². The third-order valence-corrected chi connectivity index (χ3v) is 4.78. The van der Waals surface area contributed by atoms with E-state index in [4.69, 9.17) is 0 Å². The Morgan fingerprint density at radius 1 is 0.967 bits per heavy atom. The van der Waals surface area contributed by atoms with Crippen LogP contribution in [-0.2, 0) is 13.1 Å². The maximum absolute atomic E-state index is 13.1. The number of urea groups is 1. The number of rotatable bonds is 5. The SMILES string of the molecule is Cc1cccc(NC(=O)N(Cc2ccccc2)Cc2nc3ccccc3c(=O)[nH]2)c1. The van der Waals surface area contributed by atoms with Gasteiger partial charge in [0.25, 0.3) is 5.56 Å². The number of carbonyl (C=O) groups is 1. The molecule has 2 amide bonds. The van der Waals surface area contributed by atoms with Crippen molar-refractivity contribution in [1.29, 1.82) is 0 Å². The Balaban J connectivity index is 1.63. The average molecular weight is 398 g/mol. The molecule has 150 valence electrons. The van der Waals surface area contributed by atoms with Crippen molar-refractivity contribution in [2.45, 2.75) is 20.0 Å². The molecule has 0 spiro atoms. The molecule has 6 heteroatoms. The molecule has 2 N–H and O–H groups in total. The summed E-state index contributed by atoms with van der Waals surface area (Å²) >= 11 is 0. The molecule has 0 atom stereocenters. The summed E-state index contributed by atoms with van der Waals surface area (Å²) < 4.78 is 0. The maximum Gasteiger partial charge on any atom is 0.322 e. The van der Waals surface area contributed by atoms with E-state index in [-0.39, 0.29) is 18.1 Å². The zero-order valence-electron chi connectivity index (χ0n) is 16.6. The quantitative estimate of drug-likeness (QED) is 0.521. The van der Waals surface area contributed by atoms with Gasteiger partial charge in [-0.2, -0.15) is 0 Å². The highest BCUT2D eigenvalue weighted by Gasteiger charge is 2.17. The molecule has 0 radical (unpaired) electrons. The highest BCUT2D eigenvalue weighted by atomic mass is 16.2. The van der Waals surface area contributed by atoms with Gasteiger partial charge in [0.2, 0.25) is 0 Å². The largest absolute Gasteiger partial charge is 0.322 e. The number of amides is 2. The van der Waals surface area contributed by atoms with Gasteiger partial charge in [0, 0.05) is 12.2 Å². The van der Waals surface area contributed by atoms with Crippen LogP contribution in [-0.4, -0.2) is 20.9 Å². The Morgan fingerprint density at radius 3 is 2.53 bits per heavy atom. The summed E-state index contributed by atoms with van der Waals surface area (Å²) in [5, 5.41) is 3.47. The molecule has 4 aromatic rings. The molecule has 30 heavy (non-hydrogen) atoms. The molecule has 1 aromatic heterocycles. The van der Waals surface area contributed by atoms with E-state index in [9.17, 15) is 9.59 Å². The first-order valence-corrected chi connectivity index (χ1v) is 9.73. The van der Waals surface area contributed by atoms with E-state index in [1.54, 1.807) is 23.1 Å². The van der Waals surface area contributed by atoms with Gasteiger partial charge in [0.15, 0.2) is 0 Å². The number of aromatic nitrogens is 2. The molecule has 1 heterocycles. The van der Waals surface area contributed by atoms with Crippen molar-refractivity contribution in [1.82, 2.24) is 14.9 Å². The van der Waals surface area contributed by atoms with Gasteiger partial charge in [0.1, 0.15) is 5.82 Å². The van der Waals surface area contributed by atoms with Crippen molar-refractivity contribution in [3.8, 4) is 0 Å². The van der Waals surface area contributed by atoms with Crippen molar-refractivity contribution in [2.75, 3.05) is 5.32 Å². The van der Waals surface area contributed by atoms with Gasteiger partial charge < -0.3 is 15.2 Å². The third-order valence-electron chi connectivity index (χ3n) is 4.78. The summed E-state index contributed by atoms with van der Waals surface area (Å²) in [6, 6.07) is 24.3. The second-order valence-electron chi connectivity index (χ2n) is 7.17. The zero-order valence-corrected chi connectivity index (χ0v) is 16.6. The van der Waals surface area contributed by atoms with Gasteiger partial charge in [-0.1, -0.05) is 54.6 Å². The number of para-hydroxylation sites is 1. The van der Waals surface area contributed by atoms with E-state index in [0.29, 0.717) is 23.3 Å². The number of carbonyl (C=O) groups excluding carboxylic acids is 1. The molecule has 0 saturated heterocycles. The van der Waals surface area contributed by atoms with Gasteiger partial charge in [0.05, 0.1) is 17.4 Å². The Hall–Kier alpha value is -3.93. The fourth-order valence-corrected chi connectivity index (χ4v) is 3.32. The maximum atomic E-state index is 13.1. The Labute approximate surface area is 174 Å². The lowest BCUT2D eigenvalue weighted by atomic mass is 10.2. The highest BCUT2D eigenvalue weighted by molar-refractivity contribution is 5.89. The normalized spacial score (nSPS) is 10.7. The number of aryl methyl sites for hydroxylation is 1. The van der Waals surface area contributed by atoms with Crippen molar-refractivity contribution < 1.29 is 4.79 Å². The zero-order chi connectivity index (χ0) is 20.9. The number of aromatic amines is 1. The van der Waals surface area contributed by atoms with E-state index in [1.165, 1.54) is 0 Å². The Kier molecular flexibility index (Phi) is 5.57. The van der Waals surface area contributed by atoms with E-state index in [2.05, 4.69) is 15.3 Å². The lowest BCUT2D eigenvalue weighted by Gasteiger charge is -2.23. The molecule has 4 rings (SSSR count). The first kappa shape index (κ1) is 19.4. The third kappa shape index (κ3) is 4.55. The predicted molar refractivity (Wildman–Crippen MR) is 118 cm³/mol. The van der Waals surface area contributed by atoms with E-state index in [1.807, 2.05) is 67.6 Å². The minimum Gasteiger partial charge on any atom is -0.313 e. The van der Waals surface area contributed by atoms with Gasteiger partial charge >= 0.3 is 6.03 Å². The summed E-state index contributed by atoms with van der Waals surface area (Å²) in [6.45, 7) is 2.53. The summed E-state index contributed by atoms with van der Waals surface area (Å²) in [4.78, 5) is 34.5. The van der Waals surface area contributed by atoms with Crippen LogP contribution in [0.3, 0.4) is 0 Å². The van der Waals surface area contributed by atoms with Gasteiger partial charge in [-0.25, -0.2) is 9.78 Å². The van der Waals surface area contributed by atoms with Crippen LogP contribution in [0.2, 0.25) is 0 Å². The van der Waals surface area contributed by atoms with Crippen molar-refractivity contribution in [2.24, 2.45) is 0 Å². The number of benzene rings is 3. The topological polar surface area (TPSA) is 78.1 Å². The fraction of sp³-hybridized carbons (Fsp3) is 0.125. The van der Waals surface area contributed by atoms with Crippen LogP contribution in [0, 0.1) is 6.92 Å². The van der Waals surface area contributed by atoms with E-state index >= 15 is 0 Å². The second-order valence-corrected chi connectivity index (χ2v) is 7.17. The van der Waals surface area contributed by atoms with Crippen LogP contribution in [0.5, 0.6) is 0 Å². The molecular weight excluding hydrogens is 376 g/mol. The fourth-order valence-electron chi connectivity index (χ4n) is 3.32. The van der Waals surface area contributed by atoms with Crippen molar-refractivity contribution in [3.05, 3.63) is 106 Å². The minimum absolute atomic E-state index is 0.173. The molecule has 0 saturated carbocycles. The molecule has 0 bridgehead atoms. The smallest absolute Gasteiger partial charge is 0.313 e. The number of nitrogens with one attached hydrogen (secondary N) is 2. The number of H-pyrrole nitrogens is 1. The summed E-state index contributed by atoms with van der Waals surface area (Å²) in [6.07, 6.45) is 0. The summed E-state index contributed by atoms with van der Waals surface area (Å²) in [5.41, 5.74) is 3.16. The number of nitrogens with zero attached hydrogens (tertiary/aromatic N) is 2. The molecule has 0 aliphatic carbocycles. The molecule has 3 aromatic carbocycles. The van der Waals surface area contributed by atoms with Gasteiger partial charge in [-0.05, 0) is 42.3 Å². The molecule has 0 aliphatic heterocycles. The number of hydrogen-bond acceptors (Lipinski definition) is 3. The molecule has 0 unspecified atom stereocenters. The predicted octanol–water partition coefficient (Wildman–Crippen LogP) is 4.47. The minimum atomic E-state index is -0.264. The first-order chi connectivity index (χ1) is 14.6. The van der Waals surface area contributed by atoms with E-state index < -0.39 is 0 Å². The lowest BCUT2D eigenvalue weighted by molar-refractivity contribution is 0.205. The lowest BCUT2D eigenvalue weighted by Crippen LogP contribution is -2.35. The van der Waals surface area contributed by atoms with E-state index in [0.717, 1.165) is 16.8 Å². The second kappa shape index (κ2) is 8.61. The van der Waals surface area contributed by atoms with Crippen LogP contribution in [0.25, 0.3) is 10.9 Å². The Bertz CT molecular complexity index is 1230. The number of hydrogen-bond donors (Lipinski definition) is 2. The first-order valence-electron chi connectivity index (χ1n) is 9.73. The molecular formula is C24H22N4O2. The average Bonchev–Trinajstić information content (AvgIpc) is 2.74. The highest BCUT2D eigenvalue weighted by Crippen LogP contribution is 2.14. The Morgan fingerprint density at radius 2 is 1.73 bits per heavy atom. The molecule has 6 nitrogen and oxygen atoms in total. The standard InChI is InChI=1S/C24H22N4O2/c1-17-8-7-11-19(14-17)25-24(30)28(15-18-9-3-2-4-10-18)16-22-26-21-13-6-5-12-20(21)23(29)27-22/h2-14H,15-16H2,1H3,(H,25,30)(H,26,27,29). The molecule has 0 fully saturated rings. The van der Waals surface area contributed by atoms with Gasteiger partial charge in [-0.15, -0.1) is 0 Å². The van der Waals surface area contributed by atoms with Crippen molar-refractivity contribution >= 4 is 22.6 Å². The van der Waals surface area contributed by atoms with Crippen LogP contribution in [0.1, 0.15) is 17.0 Å². The van der Waals surface area contributed by atoms with Crippen LogP contribution < -0.4 is 10.9 Å². The van der Waals surface area contributed by atoms with Crippen LogP contribution in [0.15, 0.2) is 83.7 Å². The molecule has 0 aliphatic rings. The monoisotopic (exact) mass is 398 g/mol. The van der Waals surface area contributed by atoms with Gasteiger partial charge in [-0.3, -0.25) is 4.79 Å². The van der Waals surface area contributed by atoms with Crippen LogP contribution >= 0.6 is 0 Å². The summed E-state index contributed by atoms with van der Waals surface area (Å²) in [7, 11) is 0. The number of fused-ring (bicyclic) bond motifs is 1. The number of anilines is 1.